The molecule has 0 radical (unpaired) electrons. The average Bonchev–Trinajstić information content (AvgIpc) is 2.68. The van der Waals surface area contributed by atoms with Gasteiger partial charge in [0, 0.05) is 11.5 Å². The molecule has 0 saturated carbocycles. The molecule has 0 amide bonds. The number of halogens is 1. The molecule has 14 heavy (non-hydrogen) atoms. The predicted octanol–water partition coefficient (Wildman–Crippen LogP) is 3.57. The Bertz CT molecular complexity index is 464. The zero-order chi connectivity index (χ0) is 10.1. The first kappa shape index (κ1) is 9.62. The third-order valence-corrected chi connectivity index (χ3v) is 3.47. The van der Waals surface area contributed by atoms with E-state index < -0.39 is 0 Å². The Hall–Kier alpha value is -0.930. The van der Waals surface area contributed by atoms with Gasteiger partial charge in [-0.05, 0) is 11.4 Å². The van der Waals surface area contributed by atoms with Crippen LogP contribution in [-0.4, -0.2) is 14.2 Å². The van der Waals surface area contributed by atoms with E-state index in [1.807, 2.05) is 11.4 Å². The molecule has 0 fully saturated rings. The maximum atomic E-state index is 6.14. The largest absolute Gasteiger partial charge is 0.496 e. The normalized spacial score (nSPS) is 10.5. The fraction of sp³-hybridized carbons (Fsp3) is 0.200. The van der Waals surface area contributed by atoms with Crippen LogP contribution in [0.2, 0.25) is 5.02 Å². The number of thiophene rings is 1. The number of rotatable bonds is 2. The van der Waals surface area contributed by atoms with Gasteiger partial charge in [-0.2, -0.15) is 0 Å². The van der Waals surface area contributed by atoms with Crippen LogP contribution in [0.3, 0.4) is 0 Å². The van der Waals surface area contributed by atoms with E-state index >= 15 is 0 Å². The Morgan fingerprint density at radius 3 is 2.57 bits per heavy atom. The third kappa shape index (κ3) is 1.33. The molecule has 2 rings (SSSR count). The van der Waals surface area contributed by atoms with Crippen molar-refractivity contribution in [2.75, 3.05) is 14.2 Å². The molecule has 0 unspecified atom stereocenters. The zero-order valence-corrected chi connectivity index (χ0v) is 9.41. The minimum atomic E-state index is 0.651. The fourth-order valence-electron chi connectivity index (χ4n) is 1.36. The summed E-state index contributed by atoms with van der Waals surface area (Å²) in [4.78, 5) is 0. The summed E-state index contributed by atoms with van der Waals surface area (Å²) in [5.41, 5.74) is 0. The Balaban J connectivity index is 2.80. The monoisotopic (exact) mass is 228 g/mol. The van der Waals surface area contributed by atoms with Gasteiger partial charge < -0.3 is 9.47 Å². The van der Waals surface area contributed by atoms with Crippen molar-refractivity contribution in [3.8, 4) is 11.5 Å². The molecular weight excluding hydrogens is 220 g/mol. The molecule has 0 bridgehead atoms. The van der Waals surface area contributed by atoms with Crippen molar-refractivity contribution < 1.29 is 9.47 Å². The zero-order valence-electron chi connectivity index (χ0n) is 7.83. The summed E-state index contributed by atoms with van der Waals surface area (Å²) in [5, 5.41) is 3.67. The van der Waals surface area contributed by atoms with Crippen molar-refractivity contribution >= 4 is 33.0 Å². The van der Waals surface area contributed by atoms with Crippen LogP contribution in [0.25, 0.3) is 10.1 Å². The van der Waals surface area contributed by atoms with Gasteiger partial charge in [-0.25, -0.2) is 0 Å². The molecule has 0 spiro atoms. The number of hydrogen-bond donors (Lipinski definition) is 0. The number of methoxy groups -OCH3 is 2. The van der Waals surface area contributed by atoms with E-state index in [0.29, 0.717) is 10.8 Å². The van der Waals surface area contributed by atoms with Crippen LogP contribution in [0.1, 0.15) is 0 Å². The van der Waals surface area contributed by atoms with Crippen LogP contribution in [-0.2, 0) is 0 Å². The van der Waals surface area contributed by atoms with E-state index in [2.05, 4.69) is 0 Å². The van der Waals surface area contributed by atoms with E-state index in [9.17, 15) is 0 Å². The van der Waals surface area contributed by atoms with Crippen molar-refractivity contribution in [1.29, 1.82) is 0 Å². The minimum Gasteiger partial charge on any atom is -0.496 e. The van der Waals surface area contributed by atoms with Gasteiger partial charge in [0.2, 0.25) is 0 Å². The SMILES string of the molecule is COc1cc(OC)c2ccsc2c1Cl. The van der Waals surface area contributed by atoms with Crippen LogP contribution >= 0.6 is 22.9 Å². The lowest BCUT2D eigenvalue weighted by atomic mass is 10.2. The number of fused-ring (bicyclic) bond motifs is 1. The van der Waals surface area contributed by atoms with E-state index in [4.69, 9.17) is 21.1 Å². The lowest BCUT2D eigenvalue weighted by molar-refractivity contribution is 0.398. The Morgan fingerprint density at radius 2 is 1.93 bits per heavy atom. The maximum absolute atomic E-state index is 6.14. The molecule has 0 aliphatic rings. The highest BCUT2D eigenvalue weighted by Gasteiger charge is 2.12. The van der Waals surface area contributed by atoms with Gasteiger partial charge in [0.05, 0.1) is 18.9 Å². The van der Waals surface area contributed by atoms with Crippen LogP contribution < -0.4 is 9.47 Å². The second-order valence-corrected chi connectivity index (χ2v) is 4.05. The lowest BCUT2D eigenvalue weighted by Gasteiger charge is -2.07. The fourth-order valence-corrected chi connectivity index (χ4v) is 2.57. The molecule has 4 heteroatoms. The minimum absolute atomic E-state index is 0.651. The first-order chi connectivity index (χ1) is 6.77. The first-order valence-corrected chi connectivity index (χ1v) is 5.31. The van der Waals surface area contributed by atoms with Crippen molar-refractivity contribution in [1.82, 2.24) is 0 Å². The van der Waals surface area contributed by atoms with Crippen LogP contribution in [0, 0.1) is 0 Å². The standard InChI is InChI=1S/C10H9ClO2S/c1-12-7-5-8(13-2)9(11)10-6(7)3-4-14-10/h3-5H,1-2H3. The first-order valence-electron chi connectivity index (χ1n) is 4.05. The molecule has 0 N–H and O–H groups in total. The van der Waals surface area contributed by atoms with E-state index in [0.717, 1.165) is 15.8 Å². The topological polar surface area (TPSA) is 18.5 Å². The molecule has 1 aromatic carbocycles. The van der Waals surface area contributed by atoms with Gasteiger partial charge in [-0.3, -0.25) is 0 Å². The van der Waals surface area contributed by atoms with Gasteiger partial charge >= 0.3 is 0 Å². The van der Waals surface area contributed by atoms with Crippen LogP contribution in [0.5, 0.6) is 11.5 Å². The molecule has 0 aliphatic heterocycles. The van der Waals surface area contributed by atoms with Gasteiger partial charge in [-0.1, -0.05) is 11.6 Å². The number of benzene rings is 1. The van der Waals surface area contributed by atoms with Gasteiger partial charge in [0.15, 0.2) is 0 Å². The second kappa shape index (κ2) is 3.67. The van der Waals surface area contributed by atoms with Crippen molar-refractivity contribution in [3.05, 3.63) is 22.5 Å². The second-order valence-electron chi connectivity index (χ2n) is 2.76. The summed E-state index contributed by atoms with van der Waals surface area (Å²) in [6, 6.07) is 3.79. The van der Waals surface area contributed by atoms with E-state index in [-0.39, 0.29) is 0 Å². The smallest absolute Gasteiger partial charge is 0.142 e. The van der Waals surface area contributed by atoms with Crippen LogP contribution in [0.15, 0.2) is 17.5 Å². The molecule has 0 atom stereocenters. The van der Waals surface area contributed by atoms with E-state index in [1.165, 1.54) is 0 Å². The van der Waals surface area contributed by atoms with Crippen molar-refractivity contribution in [2.45, 2.75) is 0 Å². The highest BCUT2D eigenvalue weighted by atomic mass is 35.5. The molecule has 2 aromatic rings. The number of ether oxygens (including phenoxy) is 2. The summed E-state index contributed by atoms with van der Waals surface area (Å²) in [6.07, 6.45) is 0. The maximum Gasteiger partial charge on any atom is 0.142 e. The summed E-state index contributed by atoms with van der Waals surface area (Å²) in [7, 11) is 3.24. The van der Waals surface area contributed by atoms with Crippen LogP contribution in [0.4, 0.5) is 0 Å². The predicted molar refractivity (Wildman–Crippen MR) is 59.9 cm³/mol. The highest BCUT2D eigenvalue weighted by Crippen LogP contribution is 2.41. The average molecular weight is 229 g/mol. The Kier molecular flexibility index (Phi) is 2.52. The molecule has 2 nitrogen and oxygen atoms in total. The summed E-state index contributed by atoms with van der Waals surface area (Å²) in [6.45, 7) is 0. The summed E-state index contributed by atoms with van der Waals surface area (Å²) in [5.74, 6) is 1.45. The molecular formula is C10H9ClO2S. The van der Waals surface area contributed by atoms with Crippen molar-refractivity contribution in [3.63, 3.8) is 0 Å². The summed E-state index contributed by atoms with van der Waals surface area (Å²) < 4.78 is 11.4. The summed E-state index contributed by atoms with van der Waals surface area (Å²) >= 11 is 7.72. The highest BCUT2D eigenvalue weighted by molar-refractivity contribution is 7.18. The molecule has 1 aromatic heterocycles. The Labute approximate surface area is 91.0 Å². The van der Waals surface area contributed by atoms with Crippen molar-refractivity contribution in [2.24, 2.45) is 0 Å². The third-order valence-electron chi connectivity index (χ3n) is 2.05. The molecule has 1 heterocycles. The lowest BCUT2D eigenvalue weighted by Crippen LogP contribution is -1.88. The molecule has 0 saturated heterocycles. The van der Waals surface area contributed by atoms with Gasteiger partial charge in [0.25, 0.3) is 0 Å². The van der Waals surface area contributed by atoms with Gasteiger partial charge in [0.1, 0.15) is 16.5 Å². The quantitative estimate of drug-likeness (QED) is 0.783. The molecule has 74 valence electrons. The number of hydrogen-bond acceptors (Lipinski definition) is 3. The van der Waals surface area contributed by atoms with Gasteiger partial charge in [-0.15, -0.1) is 11.3 Å². The Morgan fingerprint density at radius 1 is 1.21 bits per heavy atom. The van der Waals surface area contributed by atoms with E-state index in [1.54, 1.807) is 31.6 Å². The molecule has 0 aliphatic carbocycles.